The number of likely N-dealkylation sites (N-methyl/N-ethyl adjacent to an activating group) is 1. The number of fused-ring (bicyclic) bond motifs is 1. The van der Waals surface area contributed by atoms with Gasteiger partial charge in [-0.05, 0) is 30.5 Å². The van der Waals surface area contributed by atoms with Crippen molar-refractivity contribution in [1.29, 1.82) is 0 Å². The molecular weight excluding hydrogens is 286 g/mol. The fraction of sp³-hybridized carbons (Fsp3) is 0.600. The molecule has 3 atom stereocenters. The number of alkyl halides is 4. The number of hydrogen-bond acceptors (Lipinski definition) is 2. The van der Waals surface area contributed by atoms with Crippen molar-refractivity contribution < 1.29 is 22.3 Å². The van der Waals surface area contributed by atoms with Crippen molar-refractivity contribution in [3.63, 3.8) is 0 Å². The molecule has 2 rings (SSSR count). The van der Waals surface area contributed by atoms with Gasteiger partial charge < -0.3 is 10.1 Å². The standard InChI is InChI=1S/C15H19F4NO/c1-9-7-12(21-8-15(18,19)14(16)17)13(20-2)11-6-4-3-5-10(9)11/h3-6,9,12-14,20H,7-8H2,1-2H3. The molecule has 6 heteroatoms. The molecule has 1 aliphatic carbocycles. The third-order valence-electron chi connectivity index (χ3n) is 3.94. The van der Waals surface area contributed by atoms with Crippen LogP contribution >= 0.6 is 0 Å². The molecule has 0 amide bonds. The van der Waals surface area contributed by atoms with Crippen LogP contribution in [-0.4, -0.2) is 32.1 Å². The number of halogens is 4. The highest BCUT2D eigenvalue weighted by Gasteiger charge is 2.43. The molecule has 0 aromatic heterocycles. The Labute approximate surface area is 121 Å². The summed E-state index contributed by atoms with van der Waals surface area (Å²) in [5.41, 5.74) is 2.11. The van der Waals surface area contributed by atoms with Crippen LogP contribution in [0, 0.1) is 0 Å². The van der Waals surface area contributed by atoms with Gasteiger partial charge in [-0.1, -0.05) is 31.2 Å². The molecule has 1 N–H and O–H groups in total. The topological polar surface area (TPSA) is 21.3 Å². The van der Waals surface area contributed by atoms with Crippen molar-refractivity contribution in [3.05, 3.63) is 35.4 Å². The molecule has 0 aliphatic heterocycles. The zero-order chi connectivity index (χ0) is 15.6. The van der Waals surface area contributed by atoms with E-state index >= 15 is 0 Å². The third-order valence-corrected chi connectivity index (χ3v) is 3.94. The summed E-state index contributed by atoms with van der Waals surface area (Å²) in [5, 5.41) is 3.04. The van der Waals surface area contributed by atoms with Crippen LogP contribution in [0.3, 0.4) is 0 Å². The predicted molar refractivity (Wildman–Crippen MR) is 72.0 cm³/mol. The molecule has 0 bridgehead atoms. The van der Waals surface area contributed by atoms with E-state index in [2.05, 4.69) is 5.32 Å². The first-order chi connectivity index (χ1) is 9.86. The Kier molecular flexibility index (Phi) is 4.88. The van der Waals surface area contributed by atoms with Crippen molar-refractivity contribution >= 4 is 0 Å². The molecule has 3 unspecified atom stereocenters. The maximum absolute atomic E-state index is 13.0. The molecule has 0 saturated carbocycles. The first kappa shape index (κ1) is 16.2. The van der Waals surface area contributed by atoms with E-state index in [0.717, 1.165) is 11.1 Å². The summed E-state index contributed by atoms with van der Waals surface area (Å²) in [7, 11) is 1.71. The number of benzene rings is 1. The Morgan fingerprint density at radius 1 is 1.29 bits per heavy atom. The van der Waals surface area contributed by atoms with Crippen LogP contribution in [0.2, 0.25) is 0 Å². The lowest BCUT2D eigenvalue weighted by molar-refractivity contribution is -0.180. The zero-order valence-electron chi connectivity index (χ0n) is 12.0. The third kappa shape index (κ3) is 3.37. The number of rotatable bonds is 5. The lowest BCUT2D eigenvalue weighted by Crippen LogP contribution is -2.41. The van der Waals surface area contributed by atoms with E-state index in [1.807, 2.05) is 31.2 Å². The van der Waals surface area contributed by atoms with E-state index in [4.69, 9.17) is 4.74 Å². The Bertz CT molecular complexity index is 480. The predicted octanol–water partition coefficient (Wildman–Crippen LogP) is 3.74. The van der Waals surface area contributed by atoms with Crippen LogP contribution in [0.5, 0.6) is 0 Å². The summed E-state index contributed by atoms with van der Waals surface area (Å²) in [4.78, 5) is 0. The molecule has 1 aromatic rings. The van der Waals surface area contributed by atoms with Crippen LogP contribution in [0.1, 0.15) is 36.4 Å². The number of ether oxygens (including phenoxy) is 1. The molecule has 0 heterocycles. The lowest BCUT2D eigenvalue weighted by Gasteiger charge is -2.37. The fourth-order valence-electron chi connectivity index (χ4n) is 2.84. The average Bonchev–Trinajstić information content (AvgIpc) is 2.45. The molecule has 0 radical (unpaired) electrons. The van der Waals surface area contributed by atoms with E-state index in [0.29, 0.717) is 6.42 Å². The first-order valence-electron chi connectivity index (χ1n) is 6.90. The minimum absolute atomic E-state index is 0.135. The second-order valence-electron chi connectivity index (χ2n) is 5.44. The Hall–Kier alpha value is -1.14. The van der Waals surface area contributed by atoms with E-state index in [-0.39, 0.29) is 12.0 Å². The quantitative estimate of drug-likeness (QED) is 0.837. The van der Waals surface area contributed by atoms with E-state index in [1.54, 1.807) is 7.05 Å². The fourth-order valence-corrected chi connectivity index (χ4v) is 2.84. The van der Waals surface area contributed by atoms with Gasteiger partial charge in [0.15, 0.2) is 0 Å². The molecule has 118 valence electrons. The normalized spacial score (nSPS) is 26.0. The van der Waals surface area contributed by atoms with Gasteiger partial charge in [0, 0.05) is 0 Å². The van der Waals surface area contributed by atoms with Gasteiger partial charge >= 0.3 is 12.3 Å². The summed E-state index contributed by atoms with van der Waals surface area (Å²) >= 11 is 0. The van der Waals surface area contributed by atoms with Gasteiger partial charge in [0.25, 0.3) is 0 Å². The number of nitrogens with one attached hydrogen (secondary N) is 1. The summed E-state index contributed by atoms with van der Waals surface area (Å²) < 4.78 is 55.6. The summed E-state index contributed by atoms with van der Waals surface area (Å²) in [6.45, 7) is 0.717. The van der Waals surface area contributed by atoms with Crippen LogP contribution in [0.4, 0.5) is 17.6 Å². The van der Waals surface area contributed by atoms with Gasteiger partial charge in [0.1, 0.15) is 6.61 Å². The van der Waals surface area contributed by atoms with Gasteiger partial charge in [-0.15, -0.1) is 0 Å². The van der Waals surface area contributed by atoms with Crippen LogP contribution < -0.4 is 5.32 Å². The number of hydrogen-bond donors (Lipinski definition) is 1. The summed E-state index contributed by atoms with van der Waals surface area (Å²) in [6, 6.07) is 7.42. The van der Waals surface area contributed by atoms with Crippen molar-refractivity contribution in [1.82, 2.24) is 5.32 Å². The largest absolute Gasteiger partial charge is 0.370 e. The highest BCUT2D eigenvalue weighted by Crippen LogP contribution is 2.39. The summed E-state index contributed by atoms with van der Waals surface area (Å²) in [6.07, 6.45) is -3.75. The summed E-state index contributed by atoms with van der Waals surface area (Å²) in [5.74, 6) is -3.98. The van der Waals surface area contributed by atoms with Crippen molar-refractivity contribution in [3.8, 4) is 0 Å². The van der Waals surface area contributed by atoms with Crippen LogP contribution in [-0.2, 0) is 4.74 Å². The second-order valence-corrected chi connectivity index (χ2v) is 5.44. The van der Waals surface area contributed by atoms with Crippen LogP contribution in [0.25, 0.3) is 0 Å². The van der Waals surface area contributed by atoms with E-state index in [9.17, 15) is 17.6 Å². The molecule has 21 heavy (non-hydrogen) atoms. The van der Waals surface area contributed by atoms with Gasteiger partial charge in [0.2, 0.25) is 0 Å². The average molecular weight is 305 g/mol. The molecule has 0 saturated heterocycles. The molecule has 0 fully saturated rings. The monoisotopic (exact) mass is 305 g/mol. The maximum atomic E-state index is 13.0. The van der Waals surface area contributed by atoms with Gasteiger partial charge in [-0.3, -0.25) is 0 Å². The first-order valence-corrected chi connectivity index (χ1v) is 6.90. The minimum atomic E-state index is -4.11. The van der Waals surface area contributed by atoms with Gasteiger partial charge in [0.05, 0.1) is 12.1 Å². The Morgan fingerprint density at radius 2 is 1.90 bits per heavy atom. The van der Waals surface area contributed by atoms with Crippen molar-refractivity contribution in [2.45, 2.75) is 43.8 Å². The Balaban J connectivity index is 2.15. The smallest absolute Gasteiger partial charge is 0.330 e. The maximum Gasteiger partial charge on any atom is 0.330 e. The highest BCUT2D eigenvalue weighted by atomic mass is 19.3. The molecule has 1 aliphatic rings. The van der Waals surface area contributed by atoms with Crippen molar-refractivity contribution in [2.24, 2.45) is 0 Å². The van der Waals surface area contributed by atoms with E-state index < -0.39 is 25.1 Å². The Morgan fingerprint density at radius 3 is 2.48 bits per heavy atom. The zero-order valence-corrected chi connectivity index (χ0v) is 12.0. The highest BCUT2D eigenvalue weighted by molar-refractivity contribution is 5.36. The van der Waals surface area contributed by atoms with E-state index in [1.165, 1.54) is 0 Å². The molecular formula is C15H19F4NO. The van der Waals surface area contributed by atoms with Gasteiger partial charge in [-0.25, -0.2) is 8.78 Å². The SMILES string of the molecule is CNC1c2ccccc2C(C)CC1OCC(F)(F)C(F)F. The molecule has 1 aromatic carbocycles. The minimum Gasteiger partial charge on any atom is -0.370 e. The van der Waals surface area contributed by atoms with Gasteiger partial charge in [-0.2, -0.15) is 8.78 Å². The van der Waals surface area contributed by atoms with Crippen molar-refractivity contribution in [2.75, 3.05) is 13.7 Å². The lowest BCUT2D eigenvalue weighted by atomic mass is 9.79. The van der Waals surface area contributed by atoms with Crippen LogP contribution in [0.15, 0.2) is 24.3 Å². The second kappa shape index (κ2) is 6.32. The molecule has 0 spiro atoms. The molecule has 2 nitrogen and oxygen atoms in total.